The van der Waals surface area contributed by atoms with Crippen LogP contribution in [0.25, 0.3) is 0 Å². The Morgan fingerprint density at radius 2 is 1.79 bits per heavy atom. The Kier molecular flexibility index (Phi) is 8.22. The lowest BCUT2D eigenvalue weighted by atomic mass is 9.96. The molecule has 1 aliphatic rings. The van der Waals surface area contributed by atoms with E-state index in [0.717, 1.165) is 0 Å². The fourth-order valence-electron chi connectivity index (χ4n) is 3.00. The van der Waals surface area contributed by atoms with Crippen molar-refractivity contribution >= 4 is 24.3 Å². The van der Waals surface area contributed by atoms with Gasteiger partial charge in [-0.1, -0.05) is 37.3 Å². The minimum absolute atomic E-state index is 0. The first kappa shape index (κ1) is 20.5. The molecule has 0 aromatic heterocycles. The molecule has 2 atom stereocenters. The minimum atomic E-state index is -0.724. The van der Waals surface area contributed by atoms with E-state index in [1.807, 2.05) is 25.1 Å². The Hall–Kier alpha value is -1.59. The number of nitrogens with zero attached hydrogens (tertiary/aromatic N) is 1. The van der Waals surface area contributed by atoms with Gasteiger partial charge in [0.1, 0.15) is 0 Å². The zero-order valence-corrected chi connectivity index (χ0v) is 15.1. The number of rotatable bonds is 6. The summed E-state index contributed by atoms with van der Waals surface area (Å²) in [5, 5.41) is 12.0. The number of carbonyl (C=O) groups excluding carboxylic acids is 1. The molecule has 1 saturated heterocycles. The largest absolute Gasteiger partial charge is 0.481 e. The molecule has 1 amide bonds. The molecule has 134 valence electrons. The van der Waals surface area contributed by atoms with Crippen molar-refractivity contribution in [2.45, 2.75) is 38.6 Å². The van der Waals surface area contributed by atoms with Crippen molar-refractivity contribution in [3.63, 3.8) is 0 Å². The number of hydrogen-bond donors (Lipinski definition) is 2. The molecule has 1 aromatic carbocycles. The van der Waals surface area contributed by atoms with E-state index in [9.17, 15) is 9.59 Å². The molecule has 1 aromatic rings. The number of nitrogens with one attached hydrogen (secondary N) is 1. The van der Waals surface area contributed by atoms with Crippen LogP contribution in [0.3, 0.4) is 0 Å². The van der Waals surface area contributed by atoms with Crippen molar-refractivity contribution in [1.82, 2.24) is 10.2 Å². The van der Waals surface area contributed by atoms with Crippen molar-refractivity contribution in [2.24, 2.45) is 5.92 Å². The van der Waals surface area contributed by atoms with Crippen LogP contribution >= 0.6 is 12.4 Å². The lowest BCUT2D eigenvalue weighted by Gasteiger charge is -2.34. The molecule has 0 bridgehead atoms. The highest BCUT2D eigenvalue weighted by molar-refractivity contribution is 5.85. The summed E-state index contributed by atoms with van der Waals surface area (Å²) in [5.74, 6) is -0.704. The summed E-state index contributed by atoms with van der Waals surface area (Å²) in [6, 6.07) is 9.91. The highest BCUT2D eigenvalue weighted by Crippen LogP contribution is 2.19. The molecule has 2 unspecified atom stereocenters. The first-order valence-corrected chi connectivity index (χ1v) is 8.28. The highest BCUT2D eigenvalue weighted by Gasteiger charge is 2.29. The van der Waals surface area contributed by atoms with E-state index in [0.29, 0.717) is 32.5 Å². The fourth-order valence-corrected chi connectivity index (χ4v) is 3.00. The van der Waals surface area contributed by atoms with E-state index in [1.165, 1.54) is 5.56 Å². The maximum absolute atomic E-state index is 12.3. The Labute approximate surface area is 149 Å². The molecule has 24 heavy (non-hydrogen) atoms. The lowest BCUT2D eigenvalue weighted by Crippen LogP contribution is -2.49. The van der Waals surface area contributed by atoms with E-state index in [-0.39, 0.29) is 36.2 Å². The van der Waals surface area contributed by atoms with Gasteiger partial charge >= 0.3 is 5.97 Å². The first-order chi connectivity index (χ1) is 11.0. The lowest BCUT2D eigenvalue weighted by molar-refractivity contribution is -0.143. The summed E-state index contributed by atoms with van der Waals surface area (Å²) in [5.41, 5.74) is 1.21. The van der Waals surface area contributed by atoms with Crippen LogP contribution in [-0.2, 0) is 9.59 Å². The van der Waals surface area contributed by atoms with Crippen LogP contribution < -0.4 is 5.32 Å². The minimum Gasteiger partial charge on any atom is -0.481 e. The Morgan fingerprint density at radius 3 is 2.33 bits per heavy atom. The second-order valence-electron chi connectivity index (χ2n) is 6.38. The van der Waals surface area contributed by atoms with Gasteiger partial charge < -0.3 is 10.4 Å². The van der Waals surface area contributed by atoms with Gasteiger partial charge in [-0.05, 0) is 44.3 Å². The van der Waals surface area contributed by atoms with E-state index in [2.05, 4.69) is 29.3 Å². The van der Waals surface area contributed by atoms with Gasteiger partial charge in [0.25, 0.3) is 0 Å². The van der Waals surface area contributed by atoms with Crippen LogP contribution in [0.2, 0.25) is 0 Å². The van der Waals surface area contributed by atoms with E-state index in [4.69, 9.17) is 5.11 Å². The number of halogens is 1. The smallest absolute Gasteiger partial charge is 0.306 e. The summed E-state index contributed by atoms with van der Waals surface area (Å²) in [4.78, 5) is 25.4. The molecule has 1 aliphatic heterocycles. The maximum atomic E-state index is 12.3. The number of carbonyl (C=O) groups is 2. The molecular formula is C18H27ClN2O3. The average molecular weight is 355 g/mol. The van der Waals surface area contributed by atoms with Crippen LogP contribution in [0.5, 0.6) is 0 Å². The predicted molar refractivity (Wildman–Crippen MR) is 96.5 cm³/mol. The SMILES string of the molecule is CC(CNC(=O)C(C)N1CCC(C(=O)O)CC1)c1ccccc1.Cl. The zero-order chi connectivity index (χ0) is 16.8. The number of piperidine rings is 1. The number of aliphatic carboxylic acids is 1. The number of carboxylic acid groups (broad SMARTS) is 1. The quantitative estimate of drug-likeness (QED) is 0.823. The van der Waals surface area contributed by atoms with Crippen LogP contribution in [0.15, 0.2) is 30.3 Å². The van der Waals surface area contributed by atoms with Gasteiger partial charge in [0.15, 0.2) is 0 Å². The fraction of sp³-hybridized carbons (Fsp3) is 0.556. The molecule has 1 heterocycles. The molecule has 5 nitrogen and oxygen atoms in total. The third kappa shape index (κ3) is 5.49. The average Bonchev–Trinajstić information content (AvgIpc) is 2.59. The van der Waals surface area contributed by atoms with E-state index >= 15 is 0 Å². The van der Waals surface area contributed by atoms with Gasteiger partial charge in [0.2, 0.25) is 5.91 Å². The van der Waals surface area contributed by atoms with Crippen LogP contribution in [0.1, 0.15) is 38.2 Å². The standard InChI is InChI=1S/C18H26N2O3.ClH/c1-13(15-6-4-3-5-7-15)12-19-17(21)14(2)20-10-8-16(9-11-20)18(22)23;/h3-7,13-14,16H,8-12H2,1-2H3,(H,19,21)(H,22,23);1H. The van der Waals surface area contributed by atoms with Gasteiger partial charge in [-0.25, -0.2) is 0 Å². The van der Waals surface area contributed by atoms with Crippen LogP contribution in [0.4, 0.5) is 0 Å². The second-order valence-corrected chi connectivity index (χ2v) is 6.38. The number of likely N-dealkylation sites (tertiary alicyclic amines) is 1. The normalized spacial score (nSPS) is 18.2. The Morgan fingerprint density at radius 1 is 1.21 bits per heavy atom. The summed E-state index contributed by atoms with van der Waals surface area (Å²) in [6.45, 7) is 5.93. The molecule has 2 N–H and O–H groups in total. The van der Waals surface area contributed by atoms with Crippen LogP contribution in [0, 0.1) is 5.92 Å². The third-order valence-corrected chi connectivity index (χ3v) is 4.76. The summed E-state index contributed by atoms with van der Waals surface area (Å²) in [7, 11) is 0. The Bertz CT molecular complexity index is 530. The van der Waals surface area contributed by atoms with Gasteiger partial charge in [-0.15, -0.1) is 12.4 Å². The highest BCUT2D eigenvalue weighted by atomic mass is 35.5. The zero-order valence-electron chi connectivity index (χ0n) is 14.3. The van der Waals surface area contributed by atoms with Crippen LogP contribution in [-0.4, -0.2) is 47.6 Å². The third-order valence-electron chi connectivity index (χ3n) is 4.76. The van der Waals surface area contributed by atoms with Crippen molar-refractivity contribution in [3.05, 3.63) is 35.9 Å². The summed E-state index contributed by atoms with van der Waals surface area (Å²) in [6.07, 6.45) is 1.24. The summed E-state index contributed by atoms with van der Waals surface area (Å²) >= 11 is 0. The number of amides is 1. The monoisotopic (exact) mass is 354 g/mol. The first-order valence-electron chi connectivity index (χ1n) is 8.28. The number of hydrogen-bond acceptors (Lipinski definition) is 3. The molecule has 6 heteroatoms. The molecule has 0 aliphatic carbocycles. The van der Waals surface area contributed by atoms with E-state index < -0.39 is 5.97 Å². The molecular weight excluding hydrogens is 328 g/mol. The molecule has 0 saturated carbocycles. The molecule has 1 fully saturated rings. The van der Waals surface area contributed by atoms with Crippen molar-refractivity contribution in [2.75, 3.05) is 19.6 Å². The van der Waals surface area contributed by atoms with Crippen molar-refractivity contribution in [1.29, 1.82) is 0 Å². The van der Waals surface area contributed by atoms with Gasteiger partial charge in [0.05, 0.1) is 12.0 Å². The van der Waals surface area contributed by atoms with Gasteiger partial charge in [-0.3, -0.25) is 14.5 Å². The molecule has 0 radical (unpaired) electrons. The van der Waals surface area contributed by atoms with Crippen molar-refractivity contribution < 1.29 is 14.7 Å². The Balaban J connectivity index is 0.00000288. The van der Waals surface area contributed by atoms with E-state index in [1.54, 1.807) is 0 Å². The predicted octanol–water partition coefficient (Wildman–Crippen LogP) is 2.51. The summed E-state index contributed by atoms with van der Waals surface area (Å²) < 4.78 is 0. The molecule has 0 spiro atoms. The topological polar surface area (TPSA) is 69.6 Å². The number of benzene rings is 1. The van der Waals surface area contributed by atoms with Gasteiger partial charge in [-0.2, -0.15) is 0 Å². The van der Waals surface area contributed by atoms with Crippen molar-refractivity contribution in [3.8, 4) is 0 Å². The maximum Gasteiger partial charge on any atom is 0.306 e. The number of carboxylic acids is 1. The second kappa shape index (κ2) is 9.64. The molecule has 2 rings (SSSR count). The van der Waals surface area contributed by atoms with Gasteiger partial charge in [0, 0.05) is 6.54 Å².